The number of aromatic nitrogens is 2. The van der Waals surface area contributed by atoms with Gasteiger partial charge in [-0.3, -0.25) is 0 Å². The van der Waals surface area contributed by atoms with Crippen molar-refractivity contribution >= 4 is 34.4 Å². The van der Waals surface area contributed by atoms with Crippen LogP contribution in [0.1, 0.15) is 5.56 Å². The van der Waals surface area contributed by atoms with E-state index in [4.69, 9.17) is 16.3 Å². The van der Waals surface area contributed by atoms with Crippen molar-refractivity contribution in [3.63, 3.8) is 0 Å². The number of rotatable bonds is 5. The van der Waals surface area contributed by atoms with Gasteiger partial charge in [-0.05, 0) is 23.8 Å². The molecule has 1 saturated heterocycles. The number of imidazole rings is 1. The summed E-state index contributed by atoms with van der Waals surface area (Å²) in [6.07, 6.45) is -5.13. The molecular formula is C20H21ClN2O5S. The second-order valence-corrected chi connectivity index (χ2v) is 8.35. The highest BCUT2D eigenvalue weighted by atomic mass is 35.5. The third-order valence-electron chi connectivity index (χ3n) is 4.98. The molecule has 5 unspecified atom stereocenters. The Kier molecular flexibility index (Phi) is 6.12. The first-order valence-electron chi connectivity index (χ1n) is 9.15. The summed E-state index contributed by atoms with van der Waals surface area (Å²) in [4.78, 5) is 4.65. The van der Waals surface area contributed by atoms with Gasteiger partial charge in [-0.2, -0.15) is 0 Å². The summed E-state index contributed by atoms with van der Waals surface area (Å²) in [5.74, 6) is 0. The Morgan fingerprint density at radius 2 is 1.72 bits per heavy atom. The molecule has 1 aromatic heterocycles. The van der Waals surface area contributed by atoms with E-state index in [9.17, 15) is 20.4 Å². The smallest absolute Gasteiger partial charge is 0.171 e. The lowest BCUT2D eigenvalue weighted by atomic mass is 10.0. The first-order chi connectivity index (χ1) is 14.0. The van der Waals surface area contributed by atoms with E-state index in [0.717, 1.165) is 28.4 Å². The number of nitrogens with zero attached hydrogens (tertiary/aromatic N) is 2. The van der Waals surface area contributed by atoms with Gasteiger partial charge in [-0.25, -0.2) is 4.98 Å². The minimum Gasteiger partial charge on any atom is -0.394 e. The third kappa shape index (κ3) is 4.02. The standard InChI is InChI=1S/C20H21ClN2O5S/c21-12-6-2-1-5-11(12)9-23-14-8-4-3-7-13(14)22-20(23)29-19-18(27)17(26)16(25)15(10-24)28-19/h1-8,15-19,24-27H,9-10H2. The van der Waals surface area contributed by atoms with E-state index in [1.165, 1.54) is 0 Å². The molecule has 0 bridgehead atoms. The van der Waals surface area contributed by atoms with E-state index in [0.29, 0.717) is 16.7 Å². The predicted octanol–water partition coefficient (Wildman–Crippen LogP) is 1.63. The Morgan fingerprint density at radius 3 is 2.48 bits per heavy atom. The highest BCUT2D eigenvalue weighted by Crippen LogP contribution is 2.35. The van der Waals surface area contributed by atoms with E-state index in [1.807, 2.05) is 53.1 Å². The van der Waals surface area contributed by atoms with Gasteiger partial charge in [-0.1, -0.05) is 53.7 Å². The van der Waals surface area contributed by atoms with Crippen LogP contribution in [0.4, 0.5) is 0 Å². The summed E-state index contributed by atoms with van der Waals surface area (Å²) in [5.41, 5.74) is 1.66. The Morgan fingerprint density at radius 1 is 1.00 bits per heavy atom. The highest BCUT2D eigenvalue weighted by molar-refractivity contribution is 7.99. The van der Waals surface area contributed by atoms with E-state index in [2.05, 4.69) is 4.98 Å². The average Bonchev–Trinajstić information content (AvgIpc) is 3.07. The fourth-order valence-corrected chi connectivity index (χ4v) is 4.70. The maximum Gasteiger partial charge on any atom is 0.171 e. The molecule has 1 aliphatic heterocycles. The summed E-state index contributed by atoms with van der Waals surface area (Å²) >= 11 is 7.47. The molecule has 1 aliphatic rings. The van der Waals surface area contributed by atoms with Crippen LogP contribution < -0.4 is 0 Å². The normalized spacial score (nSPS) is 27.4. The van der Waals surface area contributed by atoms with Crippen LogP contribution in [-0.2, 0) is 11.3 Å². The molecule has 0 amide bonds. The maximum atomic E-state index is 10.4. The minimum absolute atomic E-state index is 0.458. The molecule has 7 nitrogen and oxygen atoms in total. The van der Waals surface area contributed by atoms with Gasteiger partial charge in [0.25, 0.3) is 0 Å². The van der Waals surface area contributed by atoms with Crippen molar-refractivity contribution in [2.45, 2.75) is 41.6 Å². The van der Waals surface area contributed by atoms with Crippen LogP contribution in [0, 0.1) is 0 Å². The first kappa shape index (κ1) is 20.6. The molecule has 2 aromatic carbocycles. The fourth-order valence-electron chi connectivity index (χ4n) is 3.36. The summed E-state index contributed by atoms with van der Waals surface area (Å²) in [6, 6.07) is 15.1. The Hall–Kier alpha value is -1.65. The molecule has 5 atom stereocenters. The number of fused-ring (bicyclic) bond motifs is 1. The van der Waals surface area contributed by atoms with Crippen LogP contribution >= 0.6 is 23.4 Å². The van der Waals surface area contributed by atoms with Crippen molar-refractivity contribution in [1.29, 1.82) is 0 Å². The zero-order chi connectivity index (χ0) is 20.5. The summed E-state index contributed by atoms with van der Waals surface area (Å²) in [5, 5.41) is 41.1. The lowest BCUT2D eigenvalue weighted by Crippen LogP contribution is -2.57. The second kappa shape index (κ2) is 8.61. The van der Waals surface area contributed by atoms with Gasteiger partial charge < -0.3 is 29.7 Å². The molecule has 1 fully saturated rings. The number of para-hydroxylation sites is 2. The lowest BCUT2D eigenvalue weighted by Gasteiger charge is -2.39. The number of benzene rings is 2. The molecule has 29 heavy (non-hydrogen) atoms. The van der Waals surface area contributed by atoms with E-state index in [-0.39, 0.29) is 0 Å². The zero-order valence-electron chi connectivity index (χ0n) is 15.3. The van der Waals surface area contributed by atoms with Gasteiger partial charge in [0.1, 0.15) is 29.9 Å². The molecule has 0 radical (unpaired) electrons. The fraction of sp³-hybridized carbons (Fsp3) is 0.350. The van der Waals surface area contributed by atoms with Crippen LogP contribution in [0.2, 0.25) is 5.02 Å². The van der Waals surface area contributed by atoms with E-state index >= 15 is 0 Å². The van der Waals surface area contributed by atoms with E-state index < -0.39 is 36.5 Å². The number of aliphatic hydroxyl groups excluding tert-OH is 4. The van der Waals surface area contributed by atoms with Crippen LogP contribution in [0.5, 0.6) is 0 Å². The molecule has 154 valence electrons. The molecule has 0 spiro atoms. The van der Waals surface area contributed by atoms with Gasteiger partial charge in [-0.15, -0.1) is 0 Å². The molecule has 0 saturated carbocycles. The van der Waals surface area contributed by atoms with Gasteiger partial charge in [0.2, 0.25) is 0 Å². The first-order valence-corrected chi connectivity index (χ1v) is 10.4. The van der Waals surface area contributed by atoms with Crippen molar-refractivity contribution in [2.75, 3.05) is 6.61 Å². The number of hydrogen-bond donors (Lipinski definition) is 4. The van der Waals surface area contributed by atoms with Crippen molar-refractivity contribution < 1.29 is 25.2 Å². The average molecular weight is 437 g/mol. The molecule has 2 heterocycles. The summed E-state index contributed by atoms with van der Waals surface area (Å²) in [6.45, 7) is -0.0159. The molecule has 9 heteroatoms. The number of thioether (sulfide) groups is 1. The summed E-state index contributed by atoms with van der Waals surface area (Å²) in [7, 11) is 0. The topological polar surface area (TPSA) is 108 Å². The Labute approximate surface area is 176 Å². The van der Waals surface area contributed by atoms with Crippen LogP contribution in [0.25, 0.3) is 11.0 Å². The van der Waals surface area contributed by atoms with E-state index in [1.54, 1.807) is 0 Å². The van der Waals surface area contributed by atoms with Crippen molar-refractivity contribution in [1.82, 2.24) is 9.55 Å². The van der Waals surface area contributed by atoms with Gasteiger partial charge >= 0.3 is 0 Å². The number of ether oxygens (including phenoxy) is 1. The number of aliphatic hydroxyl groups is 4. The van der Waals surface area contributed by atoms with Crippen molar-refractivity contribution in [2.24, 2.45) is 0 Å². The predicted molar refractivity (Wildman–Crippen MR) is 110 cm³/mol. The Bertz CT molecular complexity index is 998. The van der Waals surface area contributed by atoms with Crippen molar-refractivity contribution in [3.8, 4) is 0 Å². The van der Waals surface area contributed by atoms with Crippen LogP contribution in [0.3, 0.4) is 0 Å². The minimum atomic E-state index is -1.43. The lowest BCUT2D eigenvalue weighted by molar-refractivity contribution is -0.205. The number of halogens is 1. The van der Waals surface area contributed by atoms with Crippen molar-refractivity contribution in [3.05, 3.63) is 59.1 Å². The number of hydrogen-bond acceptors (Lipinski definition) is 7. The Balaban J connectivity index is 1.69. The highest BCUT2D eigenvalue weighted by Gasteiger charge is 2.44. The molecule has 4 N–H and O–H groups in total. The third-order valence-corrected chi connectivity index (χ3v) is 6.49. The second-order valence-electron chi connectivity index (χ2n) is 6.88. The molecule has 3 aromatic rings. The van der Waals surface area contributed by atoms with Crippen LogP contribution in [0.15, 0.2) is 53.7 Å². The molecule has 0 aliphatic carbocycles. The van der Waals surface area contributed by atoms with Gasteiger partial charge in [0.05, 0.1) is 24.2 Å². The quantitative estimate of drug-likeness (QED) is 0.481. The van der Waals surface area contributed by atoms with Gasteiger partial charge in [0.15, 0.2) is 5.16 Å². The zero-order valence-corrected chi connectivity index (χ0v) is 16.9. The maximum absolute atomic E-state index is 10.4. The van der Waals surface area contributed by atoms with Crippen LogP contribution in [-0.4, -0.2) is 66.4 Å². The largest absolute Gasteiger partial charge is 0.394 e. The monoisotopic (exact) mass is 436 g/mol. The summed E-state index contributed by atoms with van der Waals surface area (Å²) < 4.78 is 7.59. The molecule has 4 rings (SSSR count). The molecular weight excluding hydrogens is 416 g/mol. The van der Waals surface area contributed by atoms with Gasteiger partial charge in [0, 0.05) is 5.02 Å². The SMILES string of the molecule is OCC1OC(Sc2nc3ccccc3n2Cc2ccccc2Cl)C(O)C(O)C1O.